The quantitative estimate of drug-likeness (QED) is 0.176. The Bertz CT molecular complexity index is 1340. The second-order valence-electron chi connectivity index (χ2n) is 6.87. The Morgan fingerprint density at radius 2 is 1.84 bits per heavy atom. The van der Waals surface area contributed by atoms with Crippen LogP contribution in [-0.4, -0.2) is 17.1 Å². The number of nitriles is 1. The third-order valence-corrected chi connectivity index (χ3v) is 6.55. The summed E-state index contributed by atoms with van der Waals surface area (Å²) in [6, 6.07) is 19.4. The number of nitrogens with zero attached hydrogens (tertiary/aromatic N) is 2. The van der Waals surface area contributed by atoms with E-state index in [1.54, 1.807) is 7.11 Å². The number of benzene rings is 3. The Morgan fingerprint density at radius 1 is 1.12 bits per heavy atom. The number of hydrogen-bond acceptors (Lipinski definition) is 4. The van der Waals surface area contributed by atoms with Crippen LogP contribution in [0.4, 0.5) is 0 Å². The van der Waals surface area contributed by atoms with Crippen molar-refractivity contribution in [2.45, 2.75) is 6.61 Å². The first kappa shape index (κ1) is 22.9. The number of rotatable bonds is 6. The molecule has 1 heterocycles. The van der Waals surface area contributed by atoms with Crippen LogP contribution in [-0.2, 0) is 6.61 Å². The van der Waals surface area contributed by atoms with Gasteiger partial charge in [-0.1, -0.05) is 23.7 Å². The lowest BCUT2D eigenvalue weighted by Crippen LogP contribution is -1.99. The molecular weight excluding hydrogens is 652 g/mol. The minimum absolute atomic E-state index is 0.446. The molecule has 0 atom stereocenters. The van der Waals surface area contributed by atoms with Crippen LogP contribution >= 0.6 is 56.8 Å². The molecule has 8 heteroatoms. The lowest BCUT2D eigenvalue weighted by atomic mass is 10.1. The number of hydrogen-bond donors (Lipinski definition) is 1. The van der Waals surface area contributed by atoms with Crippen molar-refractivity contribution < 1.29 is 9.47 Å². The summed E-state index contributed by atoms with van der Waals surface area (Å²) in [6.07, 6.45) is 1.82. The molecule has 32 heavy (non-hydrogen) atoms. The molecule has 160 valence electrons. The summed E-state index contributed by atoms with van der Waals surface area (Å²) in [4.78, 5) is 7.75. The minimum Gasteiger partial charge on any atom is -0.497 e. The number of allylic oxidation sites excluding steroid dienone is 1. The van der Waals surface area contributed by atoms with E-state index in [1.807, 2.05) is 60.7 Å². The van der Waals surface area contributed by atoms with Crippen molar-refractivity contribution in [1.29, 1.82) is 5.26 Å². The molecule has 0 aliphatic rings. The van der Waals surface area contributed by atoms with Gasteiger partial charge in [0.2, 0.25) is 0 Å². The highest BCUT2D eigenvalue weighted by Gasteiger charge is 2.12. The lowest BCUT2D eigenvalue weighted by molar-refractivity contribution is 0.302. The van der Waals surface area contributed by atoms with E-state index in [1.165, 1.54) is 0 Å². The van der Waals surface area contributed by atoms with E-state index in [-0.39, 0.29) is 0 Å². The molecule has 4 aromatic rings. The predicted octanol–water partition coefficient (Wildman–Crippen LogP) is 7.08. The summed E-state index contributed by atoms with van der Waals surface area (Å²) in [5.41, 5.74) is 3.97. The standard InChI is InChI=1S/C24H16ClI2N3O2/c1-31-18-6-7-21-22(11-18)30-24(29-21)16(12-28)8-15-9-19(26)23(20(27)10-15)32-13-14-2-4-17(25)5-3-14/h2-11H,13H2,1H3,(H,29,30)/b16-8-. The maximum absolute atomic E-state index is 9.75. The molecule has 1 aromatic heterocycles. The van der Waals surface area contributed by atoms with E-state index in [0.29, 0.717) is 23.0 Å². The fraction of sp³-hybridized carbons (Fsp3) is 0.0833. The van der Waals surface area contributed by atoms with Crippen LogP contribution < -0.4 is 9.47 Å². The molecule has 0 saturated heterocycles. The fourth-order valence-corrected chi connectivity index (χ4v) is 5.35. The molecule has 0 aliphatic heterocycles. The third kappa shape index (κ3) is 5.19. The van der Waals surface area contributed by atoms with Gasteiger partial charge in [0.25, 0.3) is 0 Å². The normalized spacial score (nSPS) is 11.4. The lowest BCUT2D eigenvalue weighted by Gasteiger charge is -2.12. The van der Waals surface area contributed by atoms with Crippen molar-refractivity contribution in [3.05, 3.63) is 83.7 Å². The Balaban J connectivity index is 1.60. The number of ether oxygens (including phenoxy) is 2. The van der Waals surface area contributed by atoms with Gasteiger partial charge in [-0.3, -0.25) is 0 Å². The number of methoxy groups -OCH3 is 1. The second-order valence-corrected chi connectivity index (χ2v) is 9.63. The molecule has 0 amide bonds. The number of H-pyrrole nitrogens is 1. The summed E-state index contributed by atoms with van der Waals surface area (Å²) in [6.45, 7) is 0.449. The number of nitrogens with one attached hydrogen (secondary N) is 1. The average molecular weight is 668 g/mol. The maximum atomic E-state index is 9.75. The van der Waals surface area contributed by atoms with Gasteiger partial charge >= 0.3 is 0 Å². The number of aromatic amines is 1. The summed E-state index contributed by atoms with van der Waals surface area (Å²) in [5, 5.41) is 10.4. The van der Waals surface area contributed by atoms with Gasteiger partial charge in [0.15, 0.2) is 0 Å². The van der Waals surface area contributed by atoms with Crippen LogP contribution in [0.25, 0.3) is 22.7 Å². The topological polar surface area (TPSA) is 70.9 Å². The Morgan fingerprint density at radius 3 is 2.50 bits per heavy atom. The zero-order valence-corrected chi connectivity index (χ0v) is 21.9. The van der Waals surface area contributed by atoms with Gasteiger partial charge < -0.3 is 14.5 Å². The molecule has 0 spiro atoms. The van der Waals surface area contributed by atoms with E-state index in [0.717, 1.165) is 40.8 Å². The summed E-state index contributed by atoms with van der Waals surface area (Å²) in [7, 11) is 1.62. The first-order chi connectivity index (χ1) is 15.5. The maximum Gasteiger partial charge on any atom is 0.149 e. The van der Waals surface area contributed by atoms with Crippen molar-refractivity contribution in [1.82, 2.24) is 9.97 Å². The monoisotopic (exact) mass is 667 g/mol. The van der Waals surface area contributed by atoms with Gasteiger partial charge in [-0.05, 0) is 98.8 Å². The molecule has 0 aliphatic carbocycles. The van der Waals surface area contributed by atoms with Crippen molar-refractivity contribution in [3.63, 3.8) is 0 Å². The highest BCUT2D eigenvalue weighted by molar-refractivity contribution is 14.1. The summed E-state index contributed by atoms with van der Waals surface area (Å²) < 4.78 is 13.2. The van der Waals surface area contributed by atoms with E-state index in [2.05, 4.69) is 61.2 Å². The highest BCUT2D eigenvalue weighted by Crippen LogP contribution is 2.31. The largest absolute Gasteiger partial charge is 0.497 e. The molecule has 0 saturated carbocycles. The summed E-state index contributed by atoms with van der Waals surface area (Å²) in [5.74, 6) is 2.06. The Hall–Kier alpha value is -2.29. The van der Waals surface area contributed by atoms with E-state index >= 15 is 0 Å². The van der Waals surface area contributed by atoms with Gasteiger partial charge in [-0.2, -0.15) is 5.26 Å². The Labute approximate surface area is 217 Å². The molecule has 4 rings (SSSR count). The van der Waals surface area contributed by atoms with Crippen molar-refractivity contribution in [3.8, 4) is 17.6 Å². The van der Waals surface area contributed by atoms with E-state index in [9.17, 15) is 5.26 Å². The van der Waals surface area contributed by atoms with Crippen LogP contribution in [0.15, 0.2) is 54.6 Å². The molecule has 5 nitrogen and oxygen atoms in total. The van der Waals surface area contributed by atoms with Crippen LogP contribution in [0.3, 0.4) is 0 Å². The molecular formula is C24H16ClI2N3O2. The number of fused-ring (bicyclic) bond motifs is 1. The molecule has 0 bridgehead atoms. The third-order valence-electron chi connectivity index (χ3n) is 4.69. The molecule has 0 radical (unpaired) electrons. The Kier molecular flexibility index (Phi) is 7.23. The SMILES string of the molecule is COc1ccc2nc(/C(C#N)=C\c3cc(I)c(OCc4ccc(Cl)cc4)c(I)c3)[nH]c2c1. The molecule has 3 aromatic carbocycles. The van der Waals surface area contributed by atoms with Crippen molar-refractivity contribution in [2.24, 2.45) is 0 Å². The fourth-order valence-electron chi connectivity index (χ4n) is 3.10. The van der Waals surface area contributed by atoms with Gasteiger partial charge in [-0.15, -0.1) is 0 Å². The molecule has 1 N–H and O–H groups in total. The highest BCUT2D eigenvalue weighted by atomic mass is 127. The minimum atomic E-state index is 0.446. The summed E-state index contributed by atoms with van der Waals surface area (Å²) >= 11 is 10.5. The second kappa shape index (κ2) is 10.1. The van der Waals surface area contributed by atoms with Crippen LogP contribution in [0, 0.1) is 18.5 Å². The van der Waals surface area contributed by atoms with Gasteiger partial charge in [0.05, 0.1) is 30.9 Å². The average Bonchev–Trinajstić information content (AvgIpc) is 3.21. The van der Waals surface area contributed by atoms with Crippen molar-refractivity contribution >= 4 is 79.5 Å². The van der Waals surface area contributed by atoms with Gasteiger partial charge in [0.1, 0.15) is 30.0 Å². The number of aromatic nitrogens is 2. The van der Waals surface area contributed by atoms with Gasteiger partial charge in [0, 0.05) is 11.1 Å². The zero-order valence-electron chi connectivity index (χ0n) is 16.8. The molecule has 0 unspecified atom stereocenters. The van der Waals surface area contributed by atoms with Crippen LogP contribution in [0.1, 0.15) is 17.0 Å². The van der Waals surface area contributed by atoms with Crippen LogP contribution in [0.2, 0.25) is 5.02 Å². The first-order valence-electron chi connectivity index (χ1n) is 9.49. The number of imidazole rings is 1. The van der Waals surface area contributed by atoms with Crippen LogP contribution in [0.5, 0.6) is 11.5 Å². The van der Waals surface area contributed by atoms with Crippen molar-refractivity contribution in [2.75, 3.05) is 7.11 Å². The van der Waals surface area contributed by atoms with E-state index in [4.69, 9.17) is 21.1 Å². The first-order valence-corrected chi connectivity index (χ1v) is 12.0. The number of halogens is 3. The smallest absolute Gasteiger partial charge is 0.149 e. The van der Waals surface area contributed by atoms with E-state index < -0.39 is 0 Å². The molecule has 0 fully saturated rings. The predicted molar refractivity (Wildman–Crippen MR) is 144 cm³/mol. The zero-order chi connectivity index (χ0) is 22.7. The van der Waals surface area contributed by atoms with Gasteiger partial charge in [-0.25, -0.2) is 4.98 Å².